The maximum absolute atomic E-state index is 13.3. The van der Waals surface area contributed by atoms with Crippen LogP contribution in [-0.2, 0) is 9.53 Å². The van der Waals surface area contributed by atoms with Crippen molar-refractivity contribution in [2.24, 2.45) is 0 Å². The van der Waals surface area contributed by atoms with Gasteiger partial charge in [-0.15, -0.1) is 0 Å². The molecule has 0 bridgehead atoms. The molecule has 8 heteroatoms. The lowest BCUT2D eigenvalue weighted by Gasteiger charge is -2.36. The van der Waals surface area contributed by atoms with E-state index in [-0.39, 0.29) is 18.3 Å². The fourth-order valence-electron chi connectivity index (χ4n) is 4.26. The second-order valence-corrected chi connectivity index (χ2v) is 8.24. The van der Waals surface area contributed by atoms with Crippen molar-refractivity contribution < 1.29 is 23.5 Å². The fraction of sp³-hybridized carbons (Fsp3) is 0.308. The average Bonchev–Trinajstić information content (AvgIpc) is 3.16. The predicted molar refractivity (Wildman–Crippen MR) is 127 cm³/mol. The van der Waals surface area contributed by atoms with E-state index in [1.807, 2.05) is 35.8 Å². The van der Waals surface area contributed by atoms with Gasteiger partial charge in [0.05, 0.1) is 12.7 Å². The first-order valence-electron chi connectivity index (χ1n) is 11.2. The fourth-order valence-corrected chi connectivity index (χ4v) is 4.26. The van der Waals surface area contributed by atoms with Crippen molar-refractivity contribution in [2.45, 2.75) is 13.8 Å². The van der Waals surface area contributed by atoms with Crippen molar-refractivity contribution in [1.29, 1.82) is 0 Å². The summed E-state index contributed by atoms with van der Waals surface area (Å²) in [5, 5.41) is 0. The lowest BCUT2D eigenvalue weighted by atomic mass is 10.2. The lowest BCUT2D eigenvalue weighted by Crippen LogP contribution is -2.49. The number of hydrogen-bond donors (Lipinski definition) is 0. The van der Waals surface area contributed by atoms with Gasteiger partial charge in [0.15, 0.2) is 6.61 Å². The molecule has 0 aliphatic carbocycles. The molecule has 0 spiro atoms. The summed E-state index contributed by atoms with van der Waals surface area (Å²) in [6, 6.07) is 15.6. The third-order valence-corrected chi connectivity index (χ3v) is 6.13. The van der Waals surface area contributed by atoms with Gasteiger partial charge in [0.2, 0.25) is 0 Å². The van der Waals surface area contributed by atoms with Gasteiger partial charge in [-0.1, -0.05) is 0 Å². The molecule has 1 aliphatic heterocycles. The molecule has 0 atom stereocenters. The number of esters is 1. The number of anilines is 1. The minimum Gasteiger partial charge on any atom is -0.497 e. The third kappa shape index (κ3) is 4.90. The number of benzene rings is 2. The van der Waals surface area contributed by atoms with Gasteiger partial charge >= 0.3 is 5.97 Å². The van der Waals surface area contributed by atoms with Gasteiger partial charge < -0.3 is 23.8 Å². The molecule has 2 heterocycles. The molecule has 7 nitrogen and oxygen atoms in total. The number of nitrogens with zero attached hydrogens (tertiary/aromatic N) is 3. The summed E-state index contributed by atoms with van der Waals surface area (Å²) in [7, 11) is 1.63. The highest BCUT2D eigenvalue weighted by atomic mass is 19.1. The first-order chi connectivity index (χ1) is 16.4. The number of aromatic nitrogens is 1. The average molecular weight is 466 g/mol. The van der Waals surface area contributed by atoms with E-state index >= 15 is 0 Å². The summed E-state index contributed by atoms with van der Waals surface area (Å²) in [4.78, 5) is 29.3. The second-order valence-electron chi connectivity index (χ2n) is 8.24. The topological polar surface area (TPSA) is 64.0 Å². The zero-order valence-electron chi connectivity index (χ0n) is 19.6. The Morgan fingerprint density at radius 1 is 0.912 bits per heavy atom. The van der Waals surface area contributed by atoms with E-state index in [1.54, 1.807) is 37.1 Å². The Morgan fingerprint density at radius 2 is 1.53 bits per heavy atom. The molecule has 4 rings (SSSR count). The summed E-state index contributed by atoms with van der Waals surface area (Å²) < 4.78 is 25.7. The van der Waals surface area contributed by atoms with Crippen LogP contribution in [0.4, 0.5) is 10.1 Å². The first-order valence-corrected chi connectivity index (χ1v) is 11.2. The van der Waals surface area contributed by atoms with Crippen molar-refractivity contribution in [1.82, 2.24) is 9.47 Å². The highest BCUT2D eigenvalue weighted by Crippen LogP contribution is 2.23. The standard InChI is InChI=1S/C26H28FN3O4/c1-18-16-24(19(2)30(18)22-6-4-20(27)5-7-22)26(32)34-17-25(31)29-14-12-28(13-15-29)21-8-10-23(33-3)11-9-21/h4-11,16H,12-15,17H2,1-3H3. The maximum Gasteiger partial charge on any atom is 0.340 e. The molecule has 1 amide bonds. The zero-order chi connectivity index (χ0) is 24.2. The highest BCUT2D eigenvalue weighted by Gasteiger charge is 2.24. The number of carbonyl (C=O) groups excluding carboxylic acids is 2. The van der Waals surface area contributed by atoms with Gasteiger partial charge in [-0.2, -0.15) is 0 Å². The molecule has 34 heavy (non-hydrogen) atoms. The van der Waals surface area contributed by atoms with Gasteiger partial charge in [0.25, 0.3) is 5.91 Å². The van der Waals surface area contributed by atoms with Gasteiger partial charge in [0, 0.05) is 48.9 Å². The van der Waals surface area contributed by atoms with Crippen LogP contribution in [0.25, 0.3) is 5.69 Å². The van der Waals surface area contributed by atoms with Crippen molar-refractivity contribution in [2.75, 3.05) is 44.8 Å². The number of carbonyl (C=O) groups is 2. The van der Waals surface area contributed by atoms with Crippen LogP contribution in [0.3, 0.4) is 0 Å². The first kappa shape index (κ1) is 23.4. The van der Waals surface area contributed by atoms with E-state index in [4.69, 9.17) is 9.47 Å². The molecule has 1 aliphatic rings. The molecular weight excluding hydrogens is 437 g/mol. The quantitative estimate of drug-likeness (QED) is 0.519. The van der Waals surface area contributed by atoms with Crippen LogP contribution in [-0.4, -0.2) is 61.2 Å². The van der Waals surface area contributed by atoms with Crippen molar-refractivity contribution in [3.63, 3.8) is 0 Å². The Kier molecular flexibility index (Phi) is 6.86. The Morgan fingerprint density at radius 3 is 2.15 bits per heavy atom. The van der Waals surface area contributed by atoms with E-state index in [9.17, 15) is 14.0 Å². The van der Waals surface area contributed by atoms with Gasteiger partial charge in [-0.05, 0) is 68.4 Å². The van der Waals surface area contributed by atoms with Gasteiger partial charge in [-0.25, -0.2) is 9.18 Å². The molecule has 2 aromatic carbocycles. The van der Waals surface area contributed by atoms with Crippen LogP contribution in [0.5, 0.6) is 5.75 Å². The SMILES string of the molecule is COc1ccc(N2CCN(C(=O)COC(=O)c3cc(C)n(-c4ccc(F)cc4)c3C)CC2)cc1. The van der Waals surface area contributed by atoms with E-state index in [0.29, 0.717) is 37.4 Å². The molecule has 178 valence electrons. The number of amides is 1. The molecular formula is C26H28FN3O4. The van der Waals surface area contributed by atoms with Crippen LogP contribution < -0.4 is 9.64 Å². The van der Waals surface area contributed by atoms with E-state index in [1.165, 1.54) is 12.1 Å². The Labute approximate surface area is 198 Å². The minimum atomic E-state index is -0.549. The van der Waals surface area contributed by atoms with Crippen molar-refractivity contribution in [3.05, 3.63) is 77.4 Å². The van der Waals surface area contributed by atoms with Gasteiger partial charge in [-0.3, -0.25) is 4.79 Å². The molecule has 0 saturated carbocycles. The number of hydrogen-bond acceptors (Lipinski definition) is 5. The molecule has 0 unspecified atom stereocenters. The number of piperazine rings is 1. The van der Waals surface area contributed by atoms with Crippen LogP contribution in [0, 0.1) is 19.7 Å². The molecule has 3 aromatic rings. The van der Waals surface area contributed by atoms with Crippen LogP contribution in [0.15, 0.2) is 54.6 Å². The second kappa shape index (κ2) is 9.99. The smallest absolute Gasteiger partial charge is 0.340 e. The molecule has 1 fully saturated rings. The normalized spacial score (nSPS) is 13.6. The summed E-state index contributed by atoms with van der Waals surface area (Å²) in [5.74, 6) is -0.284. The summed E-state index contributed by atoms with van der Waals surface area (Å²) >= 11 is 0. The van der Waals surface area contributed by atoms with Crippen LogP contribution >= 0.6 is 0 Å². The highest BCUT2D eigenvalue weighted by molar-refractivity contribution is 5.93. The minimum absolute atomic E-state index is 0.213. The number of halogens is 1. The van der Waals surface area contributed by atoms with E-state index in [0.717, 1.165) is 22.8 Å². The number of methoxy groups -OCH3 is 1. The Bertz CT molecular complexity index is 1160. The van der Waals surface area contributed by atoms with E-state index in [2.05, 4.69) is 4.90 Å². The Balaban J connectivity index is 1.32. The Hall–Kier alpha value is -3.81. The lowest BCUT2D eigenvalue weighted by molar-refractivity contribution is -0.134. The third-order valence-electron chi connectivity index (χ3n) is 6.13. The molecule has 0 N–H and O–H groups in total. The molecule has 1 aromatic heterocycles. The van der Waals surface area contributed by atoms with Crippen LogP contribution in [0.1, 0.15) is 21.7 Å². The number of rotatable bonds is 6. The molecule has 1 saturated heterocycles. The number of aryl methyl sites for hydroxylation is 1. The zero-order valence-corrected chi connectivity index (χ0v) is 19.6. The predicted octanol–water partition coefficient (Wildman–Crippen LogP) is 3.75. The summed E-state index contributed by atoms with van der Waals surface area (Å²) in [6.07, 6.45) is 0. The van der Waals surface area contributed by atoms with Crippen molar-refractivity contribution >= 4 is 17.6 Å². The van der Waals surface area contributed by atoms with E-state index < -0.39 is 5.97 Å². The summed E-state index contributed by atoms with van der Waals surface area (Å²) in [5.41, 5.74) is 3.71. The maximum atomic E-state index is 13.3. The van der Waals surface area contributed by atoms with Crippen LogP contribution in [0.2, 0.25) is 0 Å². The molecule has 0 radical (unpaired) electrons. The summed E-state index contributed by atoms with van der Waals surface area (Å²) in [6.45, 7) is 5.87. The monoisotopic (exact) mass is 465 g/mol. The number of ether oxygens (including phenoxy) is 2. The van der Waals surface area contributed by atoms with Gasteiger partial charge in [0.1, 0.15) is 11.6 Å². The van der Waals surface area contributed by atoms with Crippen molar-refractivity contribution in [3.8, 4) is 11.4 Å². The largest absolute Gasteiger partial charge is 0.497 e.